The predicted molar refractivity (Wildman–Crippen MR) is 175 cm³/mol. The molecule has 0 aromatic heterocycles. The Hall–Kier alpha value is -4.66. The highest BCUT2D eigenvalue weighted by atomic mass is 16.5. The van der Waals surface area contributed by atoms with Crippen LogP contribution in [0.1, 0.15) is 86.3 Å². The molecule has 1 aliphatic heterocycles. The van der Waals surface area contributed by atoms with Crippen molar-refractivity contribution in [3.63, 3.8) is 0 Å². The summed E-state index contributed by atoms with van der Waals surface area (Å²) in [5.74, 6) is -2.55. The number of nitrogens with one attached hydrogen (secondary N) is 2. The van der Waals surface area contributed by atoms with E-state index in [2.05, 4.69) is 85.0 Å². The van der Waals surface area contributed by atoms with Gasteiger partial charge in [0.2, 0.25) is 5.91 Å². The number of carbonyl (C=O) groups excluding carboxylic acids is 3. The van der Waals surface area contributed by atoms with E-state index in [1.165, 1.54) is 24.8 Å². The van der Waals surface area contributed by atoms with Crippen LogP contribution in [0.15, 0.2) is 57.1 Å². The van der Waals surface area contributed by atoms with Crippen LogP contribution in [-0.4, -0.2) is 37.0 Å². The van der Waals surface area contributed by atoms with Crippen LogP contribution in [0.25, 0.3) is 0 Å². The molecule has 1 unspecified atom stereocenters. The Labute approximate surface area is 271 Å². The minimum Gasteiger partial charge on any atom is -0.494 e. The van der Waals surface area contributed by atoms with Crippen molar-refractivity contribution in [2.45, 2.75) is 91.6 Å². The number of rotatable bonds is 13. The molecule has 1 atom stereocenters. The van der Waals surface area contributed by atoms with Crippen LogP contribution in [0.5, 0.6) is 11.5 Å². The summed E-state index contributed by atoms with van der Waals surface area (Å²) in [5.41, 5.74) is -0.406. The topological polar surface area (TPSA) is 167 Å². The van der Waals surface area contributed by atoms with Gasteiger partial charge in [-0.25, -0.2) is 0 Å². The number of nitrogens with zero attached hydrogens (tertiary/aromatic N) is 5. The number of hydrogen-bond acceptors (Lipinski definition) is 10. The lowest BCUT2D eigenvalue weighted by Crippen LogP contribution is -2.48. The lowest BCUT2D eigenvalue weighted by Gasteiger charge is -2.30. The first-order valence-electron chi connectivity index (χ1n) is 15.3. The average molecular weight is 632 g/mol. The molecule has 12 nitrogen and oxygen atoms in total. The van der Waals surface area contributed by atoms with E-state index in [9.17, 15) is 19.6 Å². The standard InChI is InChI=1S/C34H45N7O5/c1-11-32(6,7)21-13-16-25(23(17-21)33(8,9)12-2)46-19-27(42)36-22-14-15-24(26(18-22)45-10)37-30(44)28(29(43)31(3,4)5)34(20-35)38-40-41-39-34/h13-18,28H,11-12,19H2,1-10H3,(H,36,42)(H,37,44). The number of Topliss-reactive ketones (excluding diaryl/α,β-unsaturated/α-hetero) is 1. The summed E-state index contributed by atoms with van der Waals surface area (Å²) in [6, 6.07) is 12.6. The smallest absolute Gasteiger partial charge is 0.297 e. The Morgan fingerprint density at radius 3 is 2.07 bits per heavy atom. The number of nitriles is 1. The van der Waals surface area contributed by atoms with Gasteiger partial charge in [0.05, 0.1) is 12.8 Å². The molecule has 1 heterocycles. The summed E-state index contributed by atoms with van der Waals surface area (Å²) in [6.45, 7) is 17.7. The summed E-state index contributed by atoms with van der Waals surface area (Å²) in [5, 5.41) is 29.4. The van der Waals surface area contributed by atoms with E-state index in [0.717, 1.165) is 18.4 Å². The third-order valence-electron chi connectivity index (χ3n) is 8.62. The van der Waals surface area contributed by atoms with Crippen molar-refractivity contribution >= 4 is 29.0 Å². The summed E-state index contributed by atoms with van der Waals surface area (Å²) in [6.07, 6.45) is 1.88. The summed E-state index contributed by atoms with van der Waals surface area (Å²) >= 11 is 0. The lowest BCUT2D eigenvalue weighted by atomic mass is 9.76. The number of anilines is 2. The third-order valence-corrected chi connectivity index (χ3v) is 8.62. The normalized spacial score (nSPS) is 14.7. The second-order valence-corrected chi connectivity index (χ2v) is 13.7. The van der Waals surface area contributed by atoms with Crippen LogP contribution in [0.4, 0.5) is 11.4 Å². The lowest BCUT2D eigenvalue weighted by molar-refractivity contribution is -0.138. The Morgan fingerprint density at radius 2 is 1.52 bits per heavy atom. The first-order valence-corrected chi connectivity index (χ1v) is 15.3. The average Bonchev–Trinajstić information content (AvgIpc) is 3.50. The number of carbonyl (C=O) groups is 3. The molecule has 0 aliphatic carbocycles. The quantitative estimate of drug-likeness (QED) is 0.220. The Bertz CT molecular complexity index is 1570. The van der Waals surface area contributed by atoms with E-state index in [4.69, 9.17) is 9.47 Å². The highest BCUT2D eigenvalue weighted by Crippen LogP contribution is 2.39. The van der Waals surface area contributed by atoms with Crippen LogP contribution in [0.2, 0.25) is 0 Å². The first kappa shape index (κ1) is 35.8. The fourth-order valence-electron chi connectivity index (χ4n) is 4.76. The van der Waals surface area contributed by atoms with Crippen molar-refractivity contribution in [1.82, 2.24) is 0 Å². The highest BCUT2D eigenvalue weighted by molar-refractivity contribution is 6.11. The molecule has 46 heavy (non-hydrogen) atoms. The molecule has 0 radical (unpaired) electrons. The van der Waals surface area contributed by atoms with Crippen molar-refractivity contribution in [2.75, 3.05) is 24.4 Å². The highest BCUT2D eigenvalue weighted by Gasteiger charge is 2.54. The number of ketones is 1. The minimum atomic E-state index is -2.12. The van der Waals surface area contributed by atoms with Crippen LogP contribution >= 0.6 is 0 Å². The van der Waals surface area contributed by atoms with Crippen LogP contribution in [-0.2, 0) is 25.2 Å². The zero-order valence-corrected chi connectivity index (χ0v) is 28.4. The van der Waals surface area contributed by atoms with Crippen molar-refractivity contribution < 1.29 is 23.9 Å². The fourth-order valence-corrected chi connectivity index (χ4v) is 4.76. The van der Waals surface area contributed by atoms with Crippen LogP contribution in [0, 0.1) is 22.7 Å². The maximum Gasteiger partial charge on any atom is 0.297 e. The largest absolute Gasteiger partial charge is 0.494 e. The van der Waals surface area contributed by atoms with Crippen molar-refractivity contribution in [2.24, 2.45) is 32.0 Å². The molecule has 2 aromatic carbocycles. The van der Waals surface area contributed by atoms with E-state index >= 15 is 0 Å². The SMILES string of the molecule is CCC(C)(C)c1ccc(OCC(=O)Nc2ccc(NC(=O)C(C(=O)C(C)(C)C)C3(C#N)N=NN=N3)c(OC)c2)c(C(C)(C)CC)c1. The first-order chi connectivity index (χ1) is 21.4. The van der Waals surface area contributed by atoms with E-state index in [0.29, 0.717) is 11.4 Å². The molecule has 2 amide bonds. The molecule has 0 saturated carbocycles. The van der Waals surface area contributed by atoms with E-state index < -0.39 is 28.7 Å². The van der Waals surface area contributed by atoms with Gasteiger partial charge in [-0.15, -0.1) is 10.2 Å². The molecule has 3 rings (SSSR count). The second-order valence-electron chi connectivity index (χ2n) is 13.7. The van der Waals surface area contributed by atoms with E-state index in [-0.39, 0.29) is 34.8 Å². The van der Waals surface area contributed by atoms with Gasteiger partial charge >= 0.3 is 0 Å². The van der Waals surface area contributed by atoms with Gasteiger partial charge in [-0.1, -0.05) is 74.4 Å². The van der Waals surface area contributed by atoms with Gasteiger partial charge in [0.15, 0.2) is 18.3 Å². The second kappa shape index (κ2) is 13.8. The molecule has 12 heteroatoms. The van der Waals surface area contributed by atoms with Gasteiger partial charge in [0.25, 0.3) is 11.6 Å². The molecule has 1 aliphatic rings. The Morgan fingerprint density at radius 1 is 0.891 bits per heavy atom. The van der Waals surface area contributed by atoms with E-state index in [1.54, 1.807) is 26.8 Å². The zero-order chi connectivity index (χ0) is 34.5. The number of methoxy groups -OCH3 is 1. The maximum atomic E-state index is 13.5. The number of hydrogen-bond donors (Lipinski definition) is 2. The van der Waals surface area contributed by atoms with Crippen molar-refractivity contribution in [1.29, 1.82) is 5.26 Å². The fraction of sp³-hybridized carbons (Fsp3) is 0.529. The molecule has 246 valence electrons. The summed E-state index contributed by atoms with van der Waals surface area (Å²) < 4.78 is 11.5. The third kappa shape index (κ3) is 7.76. The molecule has 0 bridgehead atoms. The number of benzene rings is 2. The zero-order valence-electron chi connectivity index (χ0n) is 28.4. The monoisotopic (exact) mass is 631 g/mol. The van der Waals surface area contributed by atoms with Gasteiger partial charge in [-0.2, -0.15) is 5.26 Å². The van der Waals surface area contributed by atoms with Gasteiger partial charge in [-0.3, -0.25) is 14.4 Å². The Kier molecular flexibility index (Phi) is 10.7. The molecule has 2 N–H and O–H groups in total. The molecule has 0 saturated heterocycles. The minimum absolute atomic E-state index is 0.00608. The maximum absolute atomic E-state index is 13.5. The van der Waals surface area contributed by atoms with Gasteiger partial charge in [-0.05, 0) is 57.9 Å². The molecular weight excluding hydrogens is 586 g/mol. The molecule has 0 spiro atoms. The Balaban J connectivity index is 1.79. The summed E-state index contributed by atoms with van der Waals surface area (Å²) in [4.78, 5) is 39.8. The molecular formula is C34H45N7O5. The van der Waals surface area contributed by atoms with Gasteiger partial charge < -0.3 is 20.1 Å². The van der Waals surface area contributed by atoms with E-state index in [1.807, 2.05) is 12.1 Å². The van der Waals surface area contributed by atoms with Gasteiger partial charge in [0, 0.05) is 22.7 Å². The van der Waals surface area contributed by atoms with Gasteiger partial charge in [0.1, 0.15) is 17.6 Å². The summed E-state index contributed by atoms with van der Waals surface area (Å²) in [7, 11) is 1.40. The van der Waals surface area contributed by atoms with Crippen LogP contribution in [0.3, 0.4) is 0 Å². The van der Waals surface area contributed by atoms with Crippen molar-refractivity contribution in [3.8, 4) is 17.6 Å². The molecule has 2 aromatic rings. The van der Waals surface area contributed by atoms with Crippen LogP contribution < -0.4 is 20.1 Å². The predicted octanol–water partition coefficient (Wildman–Crippen LogP) is 7.31. The molecule has 0 fully saturated rings. The number of ether oxygens (including phenoxy) is 2. The number of amides is 2. The van der Waals surface area contributed by atoms with Crippen molar-refractivity contribution in [3.05, 3.63) is 47.5 Å².